The van der Waals surface area contributed by atoms with Gasteiger partial charge in [0.25, 0.3) is 0 Å². The molecule has 1 aliphatic rings. The summed E-state index contributed by atoms with van der Waals surface area (Å²) in [5.41, 5.74) is 1.53. The summed E-state index contributed by atoms with van der Waals surface area (Å²) in [4.78, 5) is 11.4. The molecule has 0 saturated carbocycles. The summed E-state index contributed by atoms with van der Waals surface area (Å²) < 4.78 is 5.26. The minimum absolute atomic E-state index is 0.0104. The van der Waals surface area contributed by atoms with Crippen molar-refractivity contribution in [3.8, 4) is 0 Å². The van der Waals surface area contributed by atoms with Crippen molar-refractivity contribution in [3.63, 3.8) is 0 Å². The Kier molecular flexibility index (Phi) is 7.79. The third kappa shape index (κ3) is 7.52. The van der Waals surface area contributed by atoms with E-state index in [9.17, 15) is 4.79 Å². The van der Waals surface area contributed by atoms with Gasteiger partial charge in [0.2, 0.25) is 0 Å². The molecule has 0 N–H and O–H groups in total. The van der Waals surface area contributed by atoms with Crippen LogP contribution in [-0.4, -0.2) is 12.6 Å². The van der Waals surface area contributed by atoms with Gasteiger partial charge in [-0.25, -0.2) is 0 Å². The minimum Gasteiger partial charge on any atom is -0.466 e. The number of rotatable bonds is 0. The van der Waals surface area contributed by atoms with E-state index in [1.807, 2.05) is 0 Å². The Hall–Kier alpha value is -0.790. The molecule has 0 fully saturated rings. The number of hydrogen-bond donors (Lipinski definition) is 0. The fourth-order valence-electron chi connectivity index (χ4n) is 2.36. The molecule has 0 radical (unpaired) electrons. The third-order valence-corrected chi connectivity index (χ3v) is 3.72. The number of esters is 1. The lowest BCUT2D eigenvalue weighted by Crippen LogP contribution is -2.08. The van der Waals surface area contributed by atoms with Crippen molar-refractivity contribution in [1.29, 1.82) is 0 Å². The highest BCUT2D eigenvalue weighted by Gasteiger charge is 2.06. The average molecular weight is 252 g/mol. The molecule has 104 valence electrons. The van der Waals surface area contributed by atoms with Gasteiger partial charge < -0.3 is 4.74 Å². The van der Waals surface area contributed by atoms with Crippen LogP contribution in [0.3, 0.4) is 0 Å². The molecule has 1 heterocycles. The predicted molar refractivity (Wildman–Crippen MR) is 75.4 cm³/mol. The standard InChI is InChI=1S/C16H28O2/c1-14-8-5-3-4-6-11-16(17)18-13-12-15(2)10-7-9-14/h8,15H,3-7,9-13H2,1-2H3/b14-8-. The van der Waals surface area contributed by atoms with E-state index in [-0.39, 0.29) is 5.97 Å². The highest BCUT2D eigenvalue weighted by atomic mass is 16.5. The van der Waals surface area contributed by atoms with E-state index >= 15 is 0 Å². The summed E-state index contributed by atoms with van der Waals surface area (Å²) in [6.07, 6.45) is 12.2. The fourth-order valence-corrected chi connectivity index (χ4v) is 2.36. The Morgan fingerprint density at radius 2 is 1.94 bits per heavy atom. The number of carbonyl (C=O) groups excluding carboxylic acids is 1. The fraction of sp³-hybridized carbons (Fsp3) is 0.812. The van der Waals surface area contributed by atoms with Crippen LogP contribution in [0, 0.1) is 5.92 Å². The molecule has 18 heavy (non-hydrogen) atoms. The molecular formula is C16H28O2. The topological polar surface area (TPSA) is 26.3 Å². The molecule has 0 aromatic rings. The summed E-state index contributed by atoms with van der Waals surface area (Å²) in [5.74, 6) is 0.652. The first kappa shape index (κ1) is 15.3. The second-order valence-electron chi connectivity index (χ2n) is 5.66. The Balaban J connectivity index is 2.37. The Labute approximate surface area is 112 Å². The van der Waals surface area contributed by atoms with Gasteiger partial charge in [-0.15, -0.1) is 0 Å². The van der Waals surface area contributed by atoms with Gasteiger partial charge in [-0.05, 0) is 51.4 Å². The van der Waals surface area contributed by atoms with Crippen LogP contribution >= 0.6 is 0 Å². The zero-order valence-electron chi connectivity index (χ0n) is 12.0. The molecule has 0 saturated heterocycles. The van der Waals surface area contributed by atoms with E-state index in [2.05, 4.69) is 19.9 Å². The van der Waals surface area contributed by atoms with Crippen LogP contribution in [0.2, 0.25) is 0 Å². The smallest absolute Gasteiger partial charge is 0.305 e. The van der Waals surface area contributed by atoms with Crippen molar-refractivity contribution in [2.24, 2.45) is 5.92 Å². The van der Waals surface area contributed by atoms with Gasteiger partial charge in [0.15, 0.2) is 0 Å². The van der Waals surface area contributed by atoms with Crippen LogP contribution in [-0.2, 0) is 9.53 Å². The van der Waals surface area contributed by atoms with Crippen LogP contribution in [0.1, 0.15) is 71.6 Å². The van der Waals surface area contributed by atoms with Gasteiger partial charge in [-0.3, -0.25) is 4.79 Å². The molecule has 2 heteroatoms. The van der Waals surface area contributed by atoms with Crippen molar-refractivity contribution >= 4 is 5.97 Å². The lowest BCUT2D eigenvalue weighted by molar-refractivity contribution is -0.144. The van der Waals surface area contributed by atoms with Crippen LogP contribution in [0.15, 0.2) is 11.6 Å². The first-order valence-electron chi connectivity index (χ1n) is 7.49. The maximum atomic E-state index is 11.4. The molecule has 0 aromatic heterocycles. The molecular weight excluding hydrogens is 224 g/mol. The Morgan fingerprint density at radius 3 is 2.78 bits per heavy atom. The van der Waals surface area contributed by atoms with Crippen molar-refractivity contribution in [2.45, 2.75) is 71.6 Å². The Bertz CT molecular complexity index is 268. The van der Waals surface area contributed by atoms with Crippen molar-refractivity contribution in [1.82, 2.24) is 0 Å². The molecule has 1 aliphatic heterocycles. The molecule has 1 rings (SSSR count). The highest BCUT2D eigenvalue weighted by molar-refractivity contribution is 5.69. The van der Waals surface area contributed by atoms with Gasteiger partial charge in [0.1, 0.15) is 0 Å². The molecule has 0 amide bonds. The second-order valence-corrected chi connectivity index (χ2v) is 5.66. The number of allylic oxidation sites excluding steroid dienone is 2. The number of hydrogen-bond acceptors (Lipinski definition) is 2. The minimum atomic E-state index is -0.0104. The van der Waals surface area contributed by atoms with Gasteiger partial charge >= 0.3 is 5.97 Å². The molecule has 0 aliphatic carbocycles. The molecule has 1 unspecified atom stereocenters. The van der Waals surface area contributed by atoms with Gasteiger partial charge in [0, 0.05) is 6.42 Å². The summed E-state index contributed by atoms with van der Waals surface area (Å²) in [6.45, 7) is 5.11. The first-order chi connectivity index (χ1) is 8.68. The van der Waals surface area contributed by atoms with Gasteiger partial charge in [0.05, 0.1) is 6.61 Å². The first-order valence-corrected chi connectivity index (χ1v) is 7.49. The number of ether oxygens (including phenoxy) is 1. The lowest BCUT2D eigenvalue weighted by atomic mass is 9.98. The van der Waals surface area contributed by atoms with Gasteiger partial charge in [-0.2, -0.15) is 0 Å². The zero-order chi connectivity index (χ0) is 13.2. The van der Waals surface area contributed by atoms with E-state index < -0.39 is 0 Å². The second kappa shape index (κ2) is 9.18. The molecule has 0 spiro atoms. The summed E-state index contributed by atoms with van der Waals surface area (Å²) in [6, 6.07) is 0. The molecule has 0 bridgehead atoms. The molecule has 0 aromatic carbocycles. The highest BCUT2D eigenvalue weighted by Crippen LogP contribution is 2.17. The summed E-state index contributed by atoms with van der Waals surface area (Å²) in [7, 11) is 0. The van der Waals surface area contributed by atoms with Crippen LogP contribution in [0.4, 0.5) is 0 Å². The SMILES string of the molecule is C/C1=C/CCCCCC(=O)OCCC(C)CCC1. The lowest BCUT2D eigenvalue weighted by Gasteiger charge is -2.11. The monoisotopic (exact) mass is 252 g/mol. The predicted octanol–water partition coefficient (Wildman–Crippen LogP) is 4.64. The number of cyclic esters (lactones) is 1. The van der Waals surface area contributed by atoms with E-state index in [0.717, 1.165) is 25.7 Å². The summed E-state index contributed by atoms with van der Waals surface area (Å²) >= 11 is 0. The average Bonchev–Trinajstić information content (AvgIpc) is 2.33. The van der Waals surface area contributed by atoms with Crippen molar-refractivity contribution < 1.29 is 9.53 Å². The van der Waals surface area contributed by atoms with Crippen molar-refractivity contribution in [2.75, 3.05) is 6.61 Å². The maximum Gasteiger partial charge on any atom is 0.305 e. The number of carbonyl (C=O) groups is 1. The van der Waals surface area contributed by atoms with Crippen molar-refractivity contribution in [3.05, 3.63) is 11.6 Å². The summed E-state index contributed by atoms with van der Waals surface area (Å²) in [5, 5.41) is 0. The van der Waals surface area contributed by atoms with E-state index in [4.69, 9.17) is 4.74 Å². The quantitative estimate of drug-likeness (QED) is 0.464. The maximum absolute atomic E-state index is 11.4. The molecule has 1 atom stereocenters. The Morgan fingerprint density at radius 1 is 1.11 bits per heavy atom. The van der Waals surface area contributed by atoms with Gasteiger partial charge in [-0.1, -0.05) is 31.4 Å². The largest absolute Gasteiger partial charge is 0.466 e. The van der Waals surface area contributed by atoms with E-state index in [1.54, 1.807) is 0 Å². The van der Waals surface area contributed by atoms with Crippen LogP contribution < -0.4 is 0 Å². The van der Waals surface area contributed by atoms with E-state index in [1.165, 1.54) is 31.3 Å². The van der Waals surface area contributed by atoms with Crippen LogP contribution in [0.5, 0.6) is 0 Å². The molecule has 2 nitrogen and oxygen atoms in total. The zero-order valence-corrected chi connectivity index (χ0v) is 12.0. The van der Waals surface area contributed by atoms with E-state index in [0.29, 0.717) is 18.9 Å². The van der Waals surface area contributed by atoms with Crippen LogP contribution in [0.25, 0.3) is 0 Å². The normalized spacial score (nSPS) is 28.4. The third-order valence-electron chi connectivity index (χ3n) is 3.72.